The maximum atomic E-state index is 13.7. The number of anilines is 1. The van der Waals surface area contributed by atoms with Crippen LogP contribution >= 0.6 is 15.9 Å². The molecule has 0 unspecified atom stereocenters. The predicted molar refractivity (Wildman–Crippen MR) is 160 cm³/mol. The van der Waals surface area contributed by atoms with Gasteiger partial charge in [-0.15, -0.1) is 0 Å². The van der Waals surface area contributed by atoms with Crippen molar-refractivity contribution in [3.05, 3.63) is 100 Å². The number of rotatable bonds is 13. The Kier molecular flexibility index (Phi) is 11.1. The molecule has 0 aliphatic carbocycles. The monoisotopic (exact) mass is 613 g/mol. The van der Waals surface area contributed by atoms with E-state index in [-0.39, 0.29) is 31.3 Å². The highest BCUT2D eigenvalue weighted by Crippen LogP contribution is 2.21. The number of carbonyl (C=O) groups excluding carboxylic acids is 2. The van der Waals surface area contributed by atoms with Crippen LogP contribution in [0.2, 0.25) is 0 Å². The number of halogens is 1. The van der Waals surface area contributed by atoms with Gasteiger partial charge in [0.15, 0.2) is 0 Å². The number of hydrogen-bond donors (Lipinski definition) is 1. The molecule has 0 aliphatic rings. The number of nitrogens with one attached hydrogen (secondary N) is 1. The van der Waals surface area contributed by atoms with Crippen molar-refractivity contribution in [3.63, 3.8) is 0 Å². The highest BCUT2D eigenvalue weighted by Gasteiger charge is 2.30. The molecule has 7 nitrogen and oxygen atoms in total. The Balaban J connectivity index is 1.85. The maximum absolute atomic E-state index is 13.7. The second kappa shape index (κ2) is 14.3. The molecular weight excluding hydrogens is 578 g/mol. The Morgan fingerprint density at radius 1 is 0.923 bits per heavy atom. The van der Waals surface area contributed by atoms with Crippen LogP contribution in [-0.2, 0) is 32.6 Å². The van der Waals surface area contributed by atoms with E-state index >= 15 is 0 Å². The fourth-order valence-electron chi connectivity index (χ4n) is 4.35. The molecule has 3 rings (SSSR count). The van der Waals surface area contributed by atoms with Crippen LogP contribution in [0.4, 0.5) is 5.69 Å². The summed E-state index contributed by atoms with van der Waals surface area (Å²) in [5, 5.41) is 2.89. The van der Waals surface area contributed by atoms with Gasteiger partial charge in [0.2, 0.25) is 21.8 Å². The van der Waals surface area contributed by atoms with E-state index in [1.54, 1.807) is 17.0 Å². The molecule has 0 aromatic heterocycles. The summed E-state index contributed by atoms with van der Waals surface area (Å²) in [4.78, 5) is 28.6. The average molecular weight is 615 g/mol. The lowest BCUT2D eigenvalue weighted by atomic mass is 10.0. The highest BCUT2D eigenvalue weighted by atomic mass is 79.9. The molecule has 1 atom stereocenters. The third-order valence-corrected chi connectivity index (χ3v) is 8.09. The summed E-state index contributed by atoms with van der Waals surface area (Å²) in [6.45, 7) is 4.65. The minimum Gasteiger partial charge on any atom is -0.355 e. The van der Waals surface area contributed by atoms with E-state index in [4.69, 9.17) is 0 Å². The van der Waals surface area contributed by atoms with Gasteiger partial charge >= 0.3 is 0 Å². The molecule has 0 heterocycles. The Labute approximate surface area is 240 Å². The lowest BCUT2D eigenvalue weighted by Crippen LogP contribution is -2.50. The summed E-state index contributed by atoms with van der Waals surface area (Å²) in [5.41, 5.74) is 3.43. The molecule has 3 aromatic rings. The van der Waals surface area contributed by atoms with Crippen LogP contribution in [0.25, 0.3) is 0 Å². The van der Waals surface area contributed by atoms with Crippen molar-refractivity contribution >= 4 is 43.5 Å². The lowest BCUT2D eigenvalue weighted by Gasteiger charge is -2.32. The molecule has 0 bridgehead atoms. The number of hydrogen-bond acceptors (Lipinski definition) is 4. The number of benzene rings is 3. The van der Waals surface area contributed by atoms with Crippen molar-refractivity contribution in [2.24, 2.45) is 0 Å². The fourth-order valence-corrected chi connectivity index (χ4v) is 5.58. The second-order valence-electron chi connectivity index (χ2n) is 9.52. The Hall–Kier alpha value is -3.17. The Morgan fingerprint density at radius 2 is 1.56 bits per heavy atom. The van der Waals surface area contributed by atoms with Crippen LogP contribution < -0.4 is 9.62 Å². The summed E-state index contributed by atoms with van der Waals surface area (Å²) >= 11 is 3.45. The quantitative estimate of drug-likeness (QED) is 0.291. The molecule has 0 saturated heterocycles. The van der Waals surface area contributed by atoms with Crippen molar-refractivity contribution in [1.82, 2.24) is 10.2 Å². The summed E-state index contributed by atoms with van der Waals surface area (Å²) in [6.07, 6.45) is 1.94. The molecule has 0 spiro atoms. The molecular formula is C30H36BrN3O4S. The standard InChI is InChI=1S/C30H36BrN3O4S/c1-4-32-30(36)28(21-24-9-6-5-7-10-24)33(22-25-14-16-26(31)17-15-25)29(35)11-8-20-34(39(3,37)38)27-18-12-23(2)13-19-27/h5-7,9-10,12-19,28H,4,8,11,20-22H2,1-3H3,(H,32,36)/t28-/m1/s1. The average Bonchev–Trinajstić information content (AvgIpc) is 2.90. The van der Waals surface area contributed by atoms with Crippen molar-refractivity contribution in [1.29, 1.82) is 0 Å². The topological polar surface area (TPSA) is 86.8 Å². The minimum absolute atomic E-state index is 0.0963. The molecule has 3 aromatic carbocycles. The molecule has 2 amide bonds. The summed E-state index contributed by atoms with van der Waals surface area (Å²) in [6, 6.07) is 23.8. The molecule has 9 heteroatoms. The van der Waals surface area contributed by atoms with E-state index in [1.165, 1.54) is 10.6 Å². The first-order chi connectivity index (χ1) is 18.6. The zero-order chi connectivity index (χ0) is 28.4. The highest BCUT2D eigenvalue weighted by molar-refractivity contribution is 9.10. The molecule has 1 N–H and O–H groups in total. The largest absolute Gasteiger partial charge is 0.355 e. The van der Waals surface area contributed by atoms with Crippen LogP contribution in [0.3, 0.4) is 0 Å². The van der Waals surface area contributed by atoms with Crippen molar-refractivity contribution in [2.45, 2.75) is 45.7 Å². The smallest absolute Gasteiger partial charge is 0.243 e. The SMILES string of the molecule is CCNC(=O)[C@@H](Cc1ccccc1)N(Cc1ccc(Br)cc1)C(=O)CCCN(c1ccc(C)cc1)S(C)(=O)=O. The van der Waals surface area contributed by atoms with Crippen LogP contribution in [0.5, 0.6) is 0 Å². The Bertz CT molecular complexity index is 1330. The van der Waals surface area contributed by atoms with Crippen molar-refractivity contribution in [3.8, 4) is 0 Å². The van der Waals surface area contributed by atoms with Crippen molar-refractivity contribution in [2.75, 3.05) is 23.7 Å². The lowest BCUT2D eigenvalue weighted by molar-refractivity contribution is -0.141. The van der Waals surface area contributed by atoms with Crippen LogP contribution in [0, 0.1) is 6.92 Å². The van der Waals surface area contributed by atoms with E-state index in [0.717, 1.165) is 21.2 Å². The van der Waals surface area contributed by atoms with Crippen LogP contribution in [0.1, 0.15) is 36.5 Å². The maximum Gasteiger partial charge on any atom is 0.243 e. The van der Waals surface area contributed by atoms with Gasteiger partial charge < -0.3 is 10.2 Å². The number of aryl methyl sites for hydroxylation is 1. The van der Waals surface area contributed by atoms with Gasteiger partial charge in [0.05, 0.1) is 11.9 Å². The van der Waals surface area contributed by atoms with Gasteiger partial charge in [-0.3, -0.25) is 13.9 Å². The summed E-state index contributed by atoms with van der Waals surface area (Å²) in [5.74, 6) is -0.424. The van der Waals surface area contributed by atoms with E-state index in [2.05, 4.69) is 21.2 Å². The van der Waals surface area contributed by atoms with Gasteiger partial charge in [-0.05, 0) is 55.7 Å². The van der Waals surface area contributed by atoms with Gasteiger partial charge in [-0.25, -0.2) is 8.42 Å². The van der Waals surface area contributed by atoms with Crippen molar-refractivity contribution < 1.29 is 18.0 Å². The van der Waals surface area contributed by atoms with Gasteiger partial charge in [-0.1, -0.05) is 76.1 Å². The minimum atomic E-state index is -3.54. The first kappa shape index (κ1) is 30.4. The first-order valence-electron chi connectivity index (χ1n) is 13.0. The Morgan fingerprint density at radius 3 is 2.15 bits per heavy atom. The van der Waals surface area contributed by atoms with Gasteiger partial charge in [0.25, 0.3) is 0 Å². The number of sulfonamides is 1. The van der Waals surface area contributed by atoms with E-state index in [1.807, 2.05) is 80.6 Å². The second-order valence-corrected chi connectivity index (χ2v) is 12.3. The number of nitrogens with zero attached hydrogens (tertiary/aromatic N) is 2. The number of amides is 2. The van der Waals surface area contributed by atoms with Gasteiger partial charge in [0.1, 0.15) is 6.04 Å². The first-order valence-corrected chi connectivity index (χ1v) is 15.6. The molecule has 0 radical (unpaired) electrons. The third kappa shape index (κ3) is 9.21. The molecule has 208 valence electrons. The zero-order valence-electron chi connectivity index (χ0n) is 22.6. The molecule has 0 saturated carbocycles. The predicted octanol–water partition coefficient (Wildman–Crippen LogP) is 5.08. The van der Waals surface area contributed by atoms with E-state index < -0.39 is 16.1 Å². The van der Waals surface area contributed by atoms with E-state index in [0.29, 0.717) is 25.1 Å². The number of likely N-dealkylation sites (N-methyl/N-ethyl adjacent to an activating group) is 1. The molecule has 0 fully saturated rings. The van der Waals surface area contributed by atoms with E-state index in [9.17, 15) is 18.0 Å². The number of carbonyl (C=O) groups is 2. The van der Waals surface area contributed by atoms with Gasteiger partial charge in [0, 0.05) is 36.9 Å². The van der Waals surface area contributed by atoms with Gasteiger partial charge in [-0.2, -0.15) is 0 Å². The normalized spacial score (nSPS) is 12.0. The summed E-state index contributed by atoms with van der Waals surface area (Å²) < 4.78 is 27.3. The third-order valence-electron chi connectivity index (χ3n) is 6.36. The van der Waals surface area contributed by atoms with Crippen LogP contribution in [-0.4, -0.2) is 50.5 Å². The molecule has 39 heavy (non-hydrogen) atoms. The van der Waals surface area contributed by atoms with Crippen LogP contribution in [0.15, 0.2) is 83.3 Å². The fraction of sp³-hybridized carbons (Fsp3) is 0.333. The molecule has 0 aliphatic heterocycles. The zero-order valence-corrected chi connectivity index (χ0v) is 25.0. The summed E-state index contributed by atoms with van der Waals surface area (Å²) in [7, 11) is -3.54.